The summed E-state index contributed by atoms with van der Waals surface area (Å²) in [6.45, 7) is 4.81. The molecule has 1 aliphatic heterocycles. The smallest absolute Gasteiger partial charge is 0.226 e. The molecule has 9 heteroatoms. The van der Waals surface area contributed by atoms with Gasteiger partial charge in [-0.2, -0.15) is 14.3 Å². The Labute approximate surface area is 179 Å². The van der Waals surface area contributed by atoms with Gasteiger partial charge in [0.05, 0.1) is 12.3 Å². The van der Waals surface area contributed by atoms with Crippen LogP contribution in [0.4, 0.5) is 5.82 Å². The maximum atomic E-state index is 12.6. The molecule has 1 aromatic carbocycles. The van der Waals surface area contributed by atoms with Crippen molar-refractivity contribution in [1.29, 1.82) is 0 Å². The van der Waals surface area contributed by atoms with Crippen molar-refractivity contribution in [3.63, 3.8) is 0 Å². The largest absolute Gasteiger partial charge is 0.494 e. The van der Waals surface area contributed by atoms with E-state index in [-0.39, 0.29) is 11.8 Å². The molecule has 4 heterocycles. The van der Waals surface area contributed by atoms with Gasteiger partial charge in [-0.15, -0.1) is 15.3 Å². The number of carbonyl (C=O) groups excluding carboxylic acids is 1. The van der Waals surface area contributed by atoms with E-state index in [1.165, 1.54) is 6.33 Å². The van der Waals surface area contributed by atoms with Gasteiger partial charge in [0.1, 0.15) is 17.9 Å². The summed E-state index contributed by atoms with van der Waals surface area (Å²) >= 11 is 0. The Morgan fingerprint density at radius 2 is 2.00 bits per heavy atom. The van der Waals surface area contributed by atoms with Crippen LogP contribution >= 0.6 is 0 Å². The lowest BCUT2D eigenvalue weighted by molar-refractivity contribution is -0.116. The number of carbonyl (C=O) groups is 1. The number of ether oxygens (including phenoxy) is 1. The lowest BCUT2D eigenvalue weighted by Crippen LogP contribution is -2.25. The SMILES string of the molecule is CCCCOc1ccc([C@H]2CC(=O)Nc3c2c(C)nn3-c2ccc3nncn3n2)cc1. The van der Waals surface area contributed by atoms with Crippen molar-refractivity contribution in [2.75, 3.05) is 11.9 Å². The Morgan fingerprint density at radius 1 is 1.16 bits per heavy atom. The van der Waals surface area contributed by atoms with Crippen molar-refractivity contribution in [2.24, 2.45) is 0 Å². The maximum absolute atomic E-state index is 12.6. The van der Waals surface area contributed by atoms with Crippen molar-refractivity contribution in [3.8, 4) is 11.6 Å². The van der Waals surface area contributed by atoms with E-state index in [2.05, 4.69) is 27.5 Å². The summed E-state index contributed by atoms with van der Waals surface area (Å²) in [5.41, 5.74) is 3.56. The molecule has 3 aromatic heterocycles. The fourth-order valence-corrected chi connectivity index (χ4v) is 3.96. The number of hydrogen-bond donors (Lipinski definition) is 1. The highest BCUT2D eigenvalue weighted by Crippen LogP contribution is 2.40. The van der Waals surface area contributed by atoms with Gasteiger partial charge in [-0.05, 0) is 43.2 Å². The molecule has 0 saturated heterocycles. The third kappa shape index (κ3) is 3.52. The number of nitrogens with zero attached hydrogens (tertiary/aromatic N) is 6. The van der Waals surface area contributed by atoms with Gasteiger partial charge in [-0.25, -0.2) is 0 Å². The van der Waals surface area contributed by atoms with Crippen LogP contribution in [-0.4, -0.2) is 42.1 Å². The Morgan fingerprint density at radius 3 is 2.81 bits per heavy atom. The molecule has 9 nitrogen and oxygen atoms in total. The van der Waals surface area contributed by atoms with E-state index in [1.54, 1.807) is 9.20 Å². The number of aryl methyl sites for hydroxylation is 1. The van der Waals surface area contributed by atoms with Gasteiger partial charge in [0.2, 0.25) is 5.91 Å². The zero-order valence-corrected chi connectivity index (χ0v) is 17.4. The standard InChI is InChI=1S/C22H23N7O2/c1-3-4-11-31-16-7-5-15(6-8-16)17-12-20(30)24-22-21(17)14(2)26-29(22)19-10-9-18-25-23-13-28(18)27-19/h5-10,13,17H,3-4,11-12H2,1-2H3,(H,24,30)/t17-/m1/s1. The minimum atomic E-state index is -0.0826. The number of nitrogens with one attached hydrogen (secondary N) is 1. The first-order chi connectivity index (χ1) is 15.1. The number of aromatic nitrogens is 6. The van der Waals surface area contributed by atoms with Crippen molar-refractivity contribution < 1.29 is 9.53 Å². The first kappa shape index (κ1) is 19.2. The van der Waals surface area contributed by atoms with Crippen LogP contribution in [0.2, 0.25) is 0 Å². The molecule has 0 spiro atoms. The molecule has 31 heavy (non-hydrogen) atoms. The van der Waals surface area contributed by atoms with Crippen LogP contribution in [0.25, 0.3) is 11.5 Å². The number of anilines is 1. The molecule has 1 aliphatic rings. The Hall–Kier alpha value is -3.75. The summed E-state index contributed by atoms with van der Waals surface area (Å²) in [4.78, 5) is 12.6. The normalized spacial score (nSPS) is 15.7. The van der Waals surface area contributed by atoms with Gasteiger partial charge in [0.25, 0.3) is 0 Å². The monoisotopic (exact) mass is 417 g/mol. The second-order valence-electron chi connectivity index (χ2n) is 7.66. The minimum Gasteiger partial charge on any atom is -0.494 e. The molecule has 0 fully saturated rings. The minimum absolute atomic E-state index is 0.0488. The fourth-order valence-electron chi connectivity index (χ4n) is 3.96. The molecule has 1 atom stereocenters. The predicted molar refractivity (Wildman–Crippen MR) is 115 cm³/mol. The Balaban J connectivity index is 1.51. The molecule has 1 N–H and O–H groups in total. The van der Waals surface area contributed by atoms with Crippen LogP contribution in [0.15, 0.2) is 42.7 Å². The molecule has 0 saturated carbocycles. The van der Waals surface area contributed by atoms with Crippen LogP contribution in [0.3, 0.4) is 0 Å². The lowest BCUT2D eigenvalue weighted by Gasteiger charge is -2.24. The Bertz CT molecular complexity index is 1240. The van der Waals surface area contributed by atoms with E-state index < -0.39 is 0 Å². The van der Waals surface area contributed by atoms with Crippen LogP contribution in [0, 0.1) is 6.92 Å². The zero-order valence-electron chi connectivity index (χ0n) is 17.4. The van der Waals surface area contributed by atoms with Crippen LogP contribution < -0.4 is 10.1 Å². The number of hydrogen-bond acceptors (Lipinski definition) is 6. The van der Waals surface area contributed by atoms with E-state index in [0.717, 1.165) is 35.4 Å². The van der Waals surface area contributed by atoms with Gasteiger partial charge >= 0.3 is 0 Å². The second-order valence-corrected chi connectivity index (χ2v) is 7.66. The average molecular weight is 417 g/mol. The summed E-state index contributed by atoms with van der Waals surface area (Å²) in [7, 11) is 0. The van der Waals surface area contributed by atoms with Crippen molar-refractivity contribution >= 4 is 17.4 Å². The van der Waals surface area contributed by atoms with Crippen molar-refractivity contribution in [3.05, 3.63) is 59.5 Å². The first-order valence-corrected chi connectivity index (χ1v) is 10.4. The highest BCUT2D eigenvalue weighted by Gasteiger charge is 2.33. The topological polar surface area (TPSA) is 99.2 Å². The highest BCUT2D eigenvalue weighted by atomic mass is 16.5. The lowest BCUT2D eigenvalue weighted by atomic mass is 9.86. The molecule has 4 aromatic rings. The number of unbranched alkanes of at least 4 members (excludes halogenated alkanes) is 1. The highest BCUT2D eigenvalue weighted by molar-refractivity contribution is 5.95. The molecule has 158 valence electrons. The summed E-state index contributed by atoms with van der Waals surface area (Å²) in [6, 6.07) is 11.6. The third-order valence-electron chi connectivity index (χ3n) is 5.52. The van der Waals surface area contributed by atoms with E-state index >= 15 is 0 Å². The quantitative estimate of drug-likeness (QED) is 0.484. The van der Waals surface area contributed by atoms with Crippen molar-refractivity contribution in [1.82, 2.24) is 29.6 Å². The van der Waals surface area contributed by atoms with E-state index in [0.29, 0.717) is 30.3 Å². The molecular formula is C22H23N7O2. The molecular weight excluding hydrogens is 394 g/mol. The van der Waals surface area contributed by atoms with Crippen LogP contribution in [0.5, 0.6) is 5.75 Å². The number of fused-ring (bicyclic) bond motifs is 2. The molecule has 0 unspecified atom stereocenters. The van der Waals surface area contributed by atoms with Gasteiger partial charge in [-0.3, -0.25) is 4.79 Å². The third-order valence-corrected chi connectivity index (χ3v) is 5.52. The number of benzene rings is 1. The second kappa shape index (κ2) is 7.82. The van der Waals surface area contributed by atoms with Gasteiger partial charge < -0.3 is 10.1 Å². The fraction of sp³-hybridized carbons (Fsp3) is 0.318. The van der Waals surface area contributed by atoms with Gasteiger partial charge in [-0.1, -0.05) is 25.5 Å². The number of amides is 1. The number of rotatable bonds is 6. The predicted octanol–water partition coefficient (Wildman–Crippen LogP) is 3.27. The van der Waals surface area contributed by atoms with Crippen molar-refractivity contribution in [2.45, 2.75) is 39.0 Å². The molecule has 5 rings (SSSR count). The van der Waals surface area contributed by atoms with Gasteiger partial charge in [0.15, 0.2) is 11.5 Å². The zero-order chi connectivity index (χ0) is 21.4. The van der Waals surface area contributed by atoms with Gasteiger partial charge in [0, 0.05) is 17.9 Å². The summed E-state index contributed by atoms with van der Waals surface area (Å²) in [5, 5.41) is 20.0. The average Bonchev–Trinajstić information content (AvgIpc) is 3.37. The molecule has 0 aliphatic carbocycles. The molecule has 1 amide bonds. The Kier molecular flexibility index (Phi) is 4.85. The first-order valence-electron chi connectivity index (χ1n) is 10.4. The molecule has 0 radical (unpaired) electrons. The summed E-state index contributed by atoms with van der Waals surface area (Å²) in [5.74, 6) is 1.95. The van der Waals surface area contributed by atoms with E-state index in [4.69, 9.17) is 9.84 Å². The summed E-state index contributed by atoms with van der Waals surface area (Å²) < 4.78 is 9.04. The van der Waals surface area contributed by atoms with Crippen LogP contribution in [-0.2, 0) is 4.79 Å². The maximum Gasteiger partial charge on any atom is 0.226 e. The summed E-state index contributed by atoms with van der Waals surface area (Å²) in [6.07, 6.45) is 4.03. The molecule has 0 bridgehead atoms. The van der Waals surface area contributed by atoms with E-state index in [1.807, 2.05) is 43.3 Å². The van der Waals surface area contributed by atoms with E-state index in [9.17, 15) is 4.79 Å². The van der Waals surface area contributed by atoms with Crippen LogP contribution in [0.1, 0.15) is 48.9 Å².